The SMILES string of the molecule is CCCc1nnc(-c2ccc(Br)cc2OC)o1. The fourth-order valence-corrected chi connectivity index (χ4v) is 1.86. The summed E-state index contributed by atoms with van der Waals surface area (Å²) in [4.78, 5) is 0. The molecule has 1 heterocycles. The minimum Gasteiger partial charge on any atom is -0.496 e. The molecule has 0 saturated heterocycles. The van der Waals surface area contributed by atoms with Gasteiger partial charge in [-0.05, 0) is 24.6 Å². The molecule has 0 radical (unpaired) electrons. The fraction of sp³-hybridized carbons (Fsp3) is 0.333. The highest BCUT2D eigenvalue weighted by Crippen LogP contribution is 2.31. The van der Waals surface area contributed by atoms with E-state index in [0.717, 1.165) is 22.9 Å². The van der Waals surface area contributed by atoms with Crippen LogP contribution in [-0.2, 0) is 6.42 Å². The lowest BCUT2D eigenvalue weighted by Gasteiger charge is -2.04. The van der Waals surface area contributed by atoms with Gasteiger partial charge in [0, 0.05) is 10.9 Å². The number of ether oxygens (including phenoxy) is 1. The molecule has 0 aliphatic carbocycles. The molecule has 0 spiro atoms. The molecule has 0 amide bonds. The molecule has 0 fully saturated rings. The van der Waals surface area contributed by atoms with Gasteiger partial charge in [0.15, 0.2) is 0 Å². The highest BCUT2D eigenvalue weighted by molar-refractivity contribution is 9.10. The highest BCUT2D eigenvalue weighted by atomic mass is 79.9. The van der Waals surface area contributed by atoms with Crippen molar-refractivity contribution in [2.24, 2.45) is 0 Å². The maximum atomic E-state index is 5.57. The van der Waals surface area contributed by atoms with Crippen LogP contribution >= 0.6 is 15.9 Å². The number of benzene rings is 1. The average molecular weight is 297 g/mol. The summed E-state index contributed by atoms with van der Waals surface area (Å²) < 4.78 is 11.8. The van der Waals surface area contributed by atoms with Gasteiger partial charge in [-0.2, -0.15) is 0 Å². The third-order valence-corrected chi connectivity index (χ3v) is 2.82. The standard InChI is InChI=1S/C12H13BrN2O2/c1-3-4-11-14-15-12(17-11)9-6-5-8(13)7-10(9)16-2/h5-7H,3-4H2,1-2H3. The van der Waals surface area contributed by atoms with Crippen molar-refractivity contribution in [3.63, 3.8) is 0 Å². The normalized spacial score (nSPS) is 10.5. The van der Waals surface area contributed by atoms with Gasteiger partial charge < -0.3 is 9.15 Å². The topological polar surface area (TPSA) is 48.2 Å². The minimum absolute atomic E-state index is 0.498. The second kappa shape index (κ2) is 5.31. The van der Waals surface area contributed by atoms with E-state index in [1.165, 1.54) is 0 Å². The van der Waals surface area contributed by atoms with Gasteiger partial charge in [0.2, 0.25) is 5.89 Å². The third-order valence-electron chi connectivity index (χ3n) is 2.32. The molecule has 0 N–H and O–H groups in total. The van der Waals surface area contributed by atoms with E-state index in [2.05, 4.69) is 33.1 Å². The van der Waals surface area contributed by atoms with Gasteiger partial charge in [0.1, 0.15) is 5.75 Å². The van der Waals surface area contributed by atoms with E-state index < -0.39 is 0 Å². The number of aryl methyl sites for hydroxylation is 1. The van der Waals surface area contributed by atoms with Gasteiger partial charge in [-0.1, -0.05) is 22.9 Å². The molecule has 0 aliphatic rings. The van der Waals surface area contributed by atoms with Crippen molar-refractivity contribution in [3.8, 4) is 17.2 Å². The van der Waals surface area contributed by atoms with Gasteiger partial charge >= 0.3 is 0 Å². The van der Waals surface area contributed by atoms with Crippen LogP contribution in [0.15, 0.2) is 27.1 Å². The quantitative estimate of drug-likeness (QED) is 0.867. The first-order valence-corrected chi connectivity index (χ1v) is 6.20. The molecular weight excluding hydrogens is 284 g/mol. The Bertz CT molecular complexity index is 511. The molecule has 0 saturated carbocycles. The van der Waals surface area contributed by atoms with Crippen LogP contribution in [0.1, 0.15) is 19.2 Å². The monoisotopic (exact) mass is 296 g/mol. The Hall–Kier alpha value is -1.36. The van der Waals surface area contributed by atoms with Gasteiger partial charge in [0.25, 0.3) is 5.89 Å². The number of rotatable bonds is 4. The van der Waals surface area contributed by atoms with Crippen molar-refractivity contribution in [1.29, 1.82) is 0 Å². The molecule has 0 unspecified atom stereocenters. The first kappa shape index (κ1) is 12.1. The molecule has 0 bridgehead atoms. The first-order valence-electron chi connectivity index (χ1n) is 5.41. The van der Waals surface area contributed by atoms with Crippen LogP contribution in [0.3, 0.4) is 0 Å². The van der Waals surface area contributed by atoms with Crippen molar-refractivity contribution < 1.29 is 9.15 Å². The lowest BCUT2D eigenvalue weighted by atomic mass is 10.2. The molecule has 0 atom stereocenters. The second-order valence-corrected chi connectivity index (χ2v) is 4.51. The molecule has 4 nitrogen and oxygen atoms in total. The lowest BCUT2D eigenvalue weighted by Crippen LogP contribution is -1.88. The molecule has 90 valence electrons. The highest BCUT2D eigenvalue weighted by Gasteiger charge is 2.13. The average Bonchev–Trinajstić information content (AvgIpc) is 2.78. The number of methoxy groups -OCH3 is 1. The zero-order valence-corrected chi connectivity index (χ0v) is 11.3. The van der Waals surface area contributed by atoms with Gasteiger partial charge in [-0.3, -0.25) is 0 Å². The molecule has 1 aromatic carbocycles. The van der Waals surface area contributed by atoms with Crippen LogP contribution in [0, 0.1) is 0 Å². The Morgan fingerprint density at radius 3 is 2.88 bits per heavy atom. The van der Waals surface area contributed by atoms with Gasteiger partial charge in [-0.15, -0.1) is 10.2 Å². The van der Waals surface area contributed by atoms with Gasteiger partial charge in [0.05, 0.1) is 12.7 Å². The maximum Gasteiger partial charge on any atom is 0.251 e. The Balaban J connectivity index is 2.37. The van der Waals surface area contributed by atoms with Crippen molar-refractivity contribution in [1.82, 2.24) is 10.2 Å². The van der Waals surface area contributed by atoms with E-state index in [0.29, 0.717) is 17.5 Å². The molecule has 17 heavy (non-hydrogen) atoms. The van der Waals surface area contributed by atoms with E-state index >= 15 is 0 Å². The summed E-state index contributed by atoms with van der Waals surface area (Å²) in [5, 5.41) is 8.03. The molecule has 5 heteroatoms. The number of hydrogen-bond donors (Lipinski definition) is 0. The van der Waals surface area contributed by atoms with E-state index in [4.69, 9.17) is 9.15 Å². The van der Waals surface area contributed by atoms with E-state index in [-0.39, 0.29) is 0 Å². The van der Waals surface area contributed by atoms with Crippen LogP contribution in [-0.4, -0.2) is 17.3 Å². The maximum absolute atomic E-state index is 5.57. The summed E-state index contributed by atoms with van der Waals surface area (Å²) >= 11 is 3.39. The number of aromatic nitrogens is 2. The van der Waals surface area contributed by atoms with E-state index in [1.807, 2.05) is 18.2 Å². The predicted octanol–water partition coefficient (Wildman–Crippen LogP) is 3.46. The Morgan fingerprint density at radius 2 is 2.18 bits per heavy atom. The smallest absolute Gasteiger partial charge is 0.251 e. The molecular formula is C12H13BrN2O2. The Morgan fingerprint density at radius 1 is 1.35 bits per heavy atom. The van der Waals surface area contributed by atoms with Crippen LogP contribution in [0.5, 0.6) is 5.75 Å². The Kier molecular flexibility index (Phi) is 3.78. The molecule has 2 aromatic rings. The fourth-order valence-electron chi connectivity index (χ4n) is 1.52. The van der Waals surface area contributed by atoms with Crippen LogP contribution in [0.2, 0.25) is 0 Å². The summed E-state index contributed by atoms with van der Waals surface area (Å²) in [6, 6.07) is 5.69. The van der Waals surface area contributed by atoms with Crippen LogP contribution < -0.4 is 4.74 Å². The summed E-state index contributed by atoms with van der Waals surface area (Å²) in [5.74, 6) is 1.87. The minimum atomic E-state index is 0.498. The number of nitrogens with zero attached hydrogens (tertiary/aromatic N) is 2. The number of halogens is 1. The molecule has 0 aliphatic heterocycles. The summed E-state index contributed by atoms with van der Waals surface area (Å²) in [5.41, 5.74) is 0.811. The zero-order chi connectivity index (χ0) is 12.3. The first-order chi connectivity index (χ1) is 8.24. The molecule has 1 aromatic heterocycles. The second-order valence-electron chi connectivity index (χ2n) is 3.60. The van der Waals surface area contributed by atoms with Crippen LogP contribution in [0.25, 0.3) is 11.5 Å². The lowest BCUT2D eigenvalue weighted by molar-refractivity contribution is 0.413. The summed E-state index contributed by atoms with van der Waals surface area (Å²) in [7, 11) is 1.62. The van der Waals surface area contributed by atoms with Crippen molar-refractivity contribution in [3.05, 3.63) is 28.6 Å². The third kappa shape index (κ3) is 2.66. The van der Waals surface area contributed by atoms with E-state index in [9.17, 15) is 0 Å². The van der Waals surface area contributed by atoms with Crippen molar-refractivity contribution >= 4 is 15.9 Å². The summed E-state index contributed by atoms with van der Waals surface area (Å²) in [6.45, 7) is 2.07. The largest absolute Gasteiger partial charge is 0.496 e. The summed E-state index contributed by atoms with van der Waals surface area (Å²) in [6.07, 6.45) is 1.78. The van der Waals surface area contributed by atoms with E-state index in [1.54, 1.807) is 7.11 Å². The van der Waals surface area contributed by atoms with Crippen molar-refractivity contribution in [2.45, 2.75) is 19.8 Å². The van der Waals surface area contributed by atoms with Gasteiger partial charge in [-0.25, -0.2) is 0 Å². The predicted molar refractivity (Wildman–Crippen MR) is 68.0 cm³/mol. The van der Waals surface area contributed by atoms with Crippen molar-refractivity contribution in [2.75, 3.05) is 7.11 Å². The zero-order valence-electron chi connectivity index (χ0n) is 9.74. The Labute approximate surface area is 108 Å². The number of hydrogen-bond acceptors (Lipinski definition) is 4. The molecule has 2 rings (SSSR count). The van der Waals surface area contributed by atoms with Crippen LogP contribution in [0.4, 0.5) is 0 Å².